The monoisotopic (exact) mass is 192 g/mol. The molecule has 2 heteroatoms. The van der Waals surface area contributed by atoms with Crippen LogP contribution in [0.1, 0.15) is 27.7 Å². The molecule has 0 saturated heterocycles. The van der Waals surface area contributed by atoms with E-state index in [0.29, 0.717) is 0 Å². The number of rotatable bonds is 4. The molecule has 11 heavy (non-hydrogen) atoms. The molecule has 0 spiro atoms. The maximum Gasteiger partial charge on any atom is -0.0214 e. The summed E-state index contributed by atoms with van der Waals surface area (Å²) in [6, 6.07) is -0.971. The van der Waals surface area contributed by atoms with Gasteiger partial charge in [-0.1, -0.05) is 39.5 Å². The van der Waals surface area contributed by atoms with Gasteiger partial charge < -0.3 is 0 Å². The molecule has 0 heterocycles. The molecule has 0 radical (unpaired) electrons. The van der Waals surface area contributed by atoms with Crippen molar-refractivity contribution in [1.29, 1.82) is 0 Å². The molecule has 0 atom stereocenters. The molecule has 0 aromatic carbocycles. The van der Waals surface area contributed by atoms with Crippen LogP contribution in [-0.2, 0) is 11.8 Å². The molecule has 0 aliphatic rings. The smallest absolute Gasteiger partial charge is 0.0214 e. The SMILES string of the molecule is CC(C)CP(C)(=S)CC(C)C. The second-order valence-corrected chi connectivity index (χ2v) is 10.4. The van der Waals surface area contributed by atoms with Gasteiger partial charge in [0.15, 0.2) is 0 Å². The standard InChI is InChI=1S/C9H21PS/c1-8(2)6-10(5,11)7-9(3)4/h8-9H,6-7H2,1-5H3. The molecule has 0 N–H and O–H groups in total. The predicted molar refractivity (Wildman–Crippen MR) is 59.6 cm³/mol. The molecular weight excluding hydrogens is 171 g/mol. The molecule has 0 fully saturated rings. The van der Waals surface area contributed by atoms with Crippen molar-refractivity contribution in [3.05, 3.63) is 0 Å². The Balaban J connectivity index is 3.91. The van der Waals surface area contributed by atoms with E-state index in [9.17, 15) is 0 Å². The van der Waals surface area contributed by atoms with Crippen LogP contribution in [0.2, 0.25) is 0 Å². The van der Waals surface area contributed by atoms with Crippen LogP contribution in [0.5, 0.6) is 0 Å². The molecule has 0 aliphatic carbocycles. The predicted octanol–water partition coefficient (Wildman–Crippen LogP) is 3.41. The van der Waals surface area contributed by atoms with Crippen LogP contribution >= 0.6 is 6.04 Å². The van der Waals surface area contributed by atoms with Crippen molar-refractivity contribution in [1.82, 2.24) is 0 Å². The van der Waals surface area contributed by atoms with Gasteiger partial charge in [0.2, 0.25) is 0 Å². The lowest BCUT2D eigenvalue weighted by molar-refractivity contribution is 0.719. The van der Waals surface area contributed by atoms with E-state index in [4.69, 9.17) is 11.8 Å². The topological polar surface area (TPSA) is 0 Å². The molecule has 68 valence electrons. The zero-order valence-electron chi connectivity index (χ0n) is 8.42. The Morgan fingerprint density at radius 3 is 1.45 bits per heavy atom. The van der Waals surface area contributed by atoms with Crippen LogP contribution in [0.25, 0.3) is 0 Å². The summed E-state index contributed by atoms with van der Waals surface area (Å²) in [6.45, 7) is 11.4. The summed E-state index contributed by atoms with van der Waals surface area (Å²) in [7, 11) is 0. The van der Waals surface area contributed by atoms with Crippen molar-refractivity contribution in [2.75, 3.05) is 19.0 Å². The Labute approximate surface area is 76.8 Å². The van der Waals surface area contributed by atoms with E-state index < -0.39 is 6.04 Å². The lowest BCUT2D eigenvalue weighted by Gasteiger charge is -2.20. The van der Waals surface area contributed by atoms with Crippen molar-refractivity contribution in [2.24, 2.45) is 11.8 Å². The average Bonchev–Trinajstić information content (AvgIpc) is 1.53. The second kappa shape index (κ2) is 4.62. The average molecular weight is 192 g/mol. The highest BCUT2D eigenvalue weighted by atomic mass is 32.4. The van der Waals surface area contributed by atoms with E-state index in [0.717, 1.165) is 11.8 Å². The first-order chi connectivity index (χ1) is 4.83. The van der Waals surface area contributed by atoms with Gasteiger partial charge in [0, 0.05) is 0 Å². The lowest BCUT2D eigenvalue weighted by atomic mass is 10.3. The van der Waals surface area contributed by atoms with E-state index in [1.54, 1.807) is 0 Å². The third-order valence-corrected chi connectivity index (χ3v) is 5.40. The number of hydrogen-bond donors (Lipinski definition) is 0. The summed E-state index contributed by atoms with van der Waals surface area (Å²) >= 11 is 5.61. The van der Waals surface area contributed by atoms with Crippen LogP contribution in [0.4, 0.5) is 0 Å². The van der Waals surface area contributed by atoms with E-state index in [1.807, 2.05) is 0 Å². The van der Waals surface area contributed by atoms with E-state index >= 15 is 0 Å². The summed E-state index contributed by atoms with van der Waals surface area (Å²) in [4.78, 5) is 0. The van der Waals surface area contributed by atoms with Gasteiger partial charge in [-0.3, -0.25) is 0 Å². The normalized spacial score (nSPS) is 13.0. The first-order valence-electron chi connectivity index (χ1n) is 4.39. The van der Waals surface area contributed by atoms with Gasteiger partial charge in [0.05, 0.1) is 0 Å². The van der Waals surface area contributed by atoms with Crippen LogP contribution in [-0.4, -0.2) is 19.0 Å². The minimum Gasteiger partial charge on any atom is -0.0977 e. The van der Waals surface area contributed by atoms with Gasteiger partial charge >= 0.3 is 0 Å². The highest BCUT2D eigenvalue weighted by molar-refractivity contribution is 8.14. The molecule has 0 aromatic heterocycles. The Hall–Kier alpha value is 0.650. The van der Waals surface area contributed by atoms with Crippen molar-refractivity contribution in [3.8, 4) is 0 Å². The zero-order valence-corrected chi connectivity index (χ0v) is 10.1. The molecule has 0 aliphatic heterocycles. The molecule has 0 bridgehead atoms. The Bertz CT molecular complexity index is 136. The summed E-state index contributed by atoms with van der Waals surface area (Å²) in [5.74, 6) is 1.56. The minimum absolute atomic E-state index is 0.782. The fraction of sp³-hybridized carbons (Fsp3) is 1.00. The summed E-state index contributed by atoms with van der Waals surface area (Å²) in [5.41, 5.74) is 0. The number of hydrogen-bond acceptors (Lipinski definition) is 1. The highest BCUT2D eigenvalue weighted by Gasteiger charge is 2.13. The van der Waals surface area contributed by atoms with Crippen LogP contribution in [0, 0.1) is 11.8 Å². The van der Waals surface area contributed by atoms with Gasteiger partial charge in [-0.15, -0.1) is 0 Å². The van der Waals surface area contributed by atoms with Crippen LogP contribution in [0.3, 0.4) is 0 Å². The summed E-state index contributed by atoms with van der Waals surface area (Å²) in [5, 5.41) is 0. The lowest BCUT2D eigenvalue weighted by Crippen LogP contribution is -2.04. The Kier molecular flexibility index (Phi) is 4.89. The van der Waals surface area contributed by atoms with Crippen LogP contribution in [0.15, 0.2) is 0 Å². The Morgan fingerprint density at radius 2 is 1.27 bits per heavy atom. The van der Waals surface area contributed by atoms with Crippen LogP contribution < -0.4 is 0 Å². The minimum atomic E-state index is -0.971. The second-order valence-electron chi connectivity index (χ2n) is 4.45. The first kappa shape index (κ1) is 11.6. The van der Waals surface area contributed by atoms with Gasteiger partial charge in [-0.05, 0) is 36.9 Å². The third kappa shape index (κ3) is 7.03. The van der Waals surface area contributed by atoms with Crippen molar-refractivity contribution in [2.45, 2.75) is 27.7 Å². The van der Waals surface area contributed by atoms with E-state index in [-0.39, 0.29) is 0 Å². The third-order valence-electron chi connectivity index (χ3n) is 1.50. The summed E-state index contributed by atoms with van der Waals surface area (Å²) < 4.78 is 0. The van der Waals surface area contributed by atoms with Crippen molar-refractivity contribution in [3.63, 3.8) is 0 Å². The maximum absolute atomic E-state index is 5.61. The first-order valence-corrected chi connectivity index (χ1v) is 8.01. The van der Waals surface area contributed by atoms with Crippen molar-refractivity contribution < 1.29 is 0 Å². The molecule has 0 nitrogen and oxygen atoms in total. The van der Waals surface area contributed by atoms with E-state index in [2.05, 4.69) is 34.4 Å². The largest absolute Gasteiger partial charge is 0.0977 e. The Morgan fingerprint density at radius 1 is 1.00 bits per heavy atom. The van der Waals surface area contributed by atoms with Gasteiger partial charge in [0.1, 0.15) is 0 Å². The van der Waals surface area contributed by atoms with E-state index in [1.165, 1.54) is 12.3 Å². The molecular formula is C9H21PS. The van der Waals surface area contributed by atoms with Gasteiger partial charge in [-0.25, -0.2) is 0 Å². The van der Waals surface area contributed by atoms with Gasteiger partial charge in [-0.2, -0.15) is 0 Å². The van der Waals surface area contributed by atoms with Gasteiger partial charge in [0.25, 0.3) is 0 Å². The summed E-state index contributed by atoms with van der Waals surface area (Å²) in [6.07, 6.45) is 2.56. The zero-order chi connectivity index (χ0) is 9.07. The highest BCUT2D eigenvalue weighted by Crippen LogP contribution is 2.44. The quantitative estimate of drug-likeness (QED) is 0.615. The van der Waals surface area contributed by atoms with Crippen molar-refractivity contribution >= 4 is 17.8 Å². The molecule has 0 unspecified atom stereocenters. The fourth-order valence-corrected chi connectivity index (χ4v) is 6.65. The fourth-order valence-electron chi connectivity index (χ4n) is 1.62. The molecule has 0 saturated carbocycles. The molecule has 0 amide bonds. The molecule has 0 aromatic rings. The molecule has 0 rings (SSSR count). The maximum atomic E-state index is 5.61.